The molecule has 0 radical (unpaired) electrons. The van der Waals surface area contributed by atoms with Crippen LogP contribution >= 0.6 is 11.6 Å². The van der Waals surface area contributed by atoms with Crippen molar-refractivity contribution in [3.63, 3.8) is 0 Å². The highest BCUT2D eigenvalue weighted by molar-refractivity contribution is 6.30. The molecule has 36 heavy (non-hydrogen) atoms. The summed E-state index contributed by atoms with van der Waals surface area (Å²) in [5.41, 5.74) is 1.93. The predicted molar refractivity (Wildman–Crippen MR) is 136 cm³/mol. The van der Waals surface area contributed by atoms with Gasteiger partial charge in [0.25, 0.3) is 0 Å². The summed E-state index contributed by atoms with van der Waals surface area (Å²) >= 11 is 6.03. The molecule has 0 saturated heterocycles. The summed E-state index contributed by atoms with van der Waals surface area (Å²) < 4.78 is 42.0. The number of hydrogen-bond acceptors (Lipinski definition) is 2. The van der Waals surface area contributed by atoms with Crippen LogP contribution in [0.1, 0.15) is 72.6 Å². The number of ketones is 1. The van der Waals surface area contributed by atoms with E-state index in [-0.39, 0.29) is 29.6 Å². The van der Waals surface area contributed by atoms with Gasteiger partial charge in [0.1, 0.15) is 0 Å². The van der Waals surface area contributed by atoms with E-state index in [9.17, 15) is 22.8 Å². The van der Waals surface area contributed by atoms with Gasteiger partial charge in [-0.1, -0.05) is 43.5 Å². The third-order valence-electron chi connectivity index (χ3n) is 6.50. The Bertz CT molecular complexity index is 1230. The fourth-order valence-corrected chi connectivity index (χ4v) is 4.95. The van der Waals surface area contributed by atoms with Crippen LogP contribution in [0.2, 0.25) is 5.02 Å². The maximum atomic E-state index is 13.4. The number of benzene rings is 2. The first-order valence-corrected chi connectivity index (χ1v) is 12.5. The summed E-state index contributed by atoms with van der Waals surface area (Å²) in [7, 11) is 1.77. The van der Waals surface area contributed by atoms with Gasteiger partial charge in [-0.05, 0) is 67.5 Å². The number of alkyl halides is 3. The van der Waals surface area contributed by atoms with E-state index in [1.54, 1.807) is 18.5 Å². The lowest BCUT2D eigenvalue weighted by atomic mass is 9.93. The van der Waals surface area contributed by atoms with Gasteiger partial charge in [0.15, 0.2) is 5.78 Å². The molecule has 2 aromatic carbocycles. The van der Waals surface area contributed by atoms with Crippen molar-refractivity contribution >= 4 is 34.3 Å². The van der Waals surface area contributed by atoms with Crippen molar-refractivity contribution in [1.82, 2.24) is 4.57 Å². The molecule has 0 bridgehead atoms. The number of hydrogen-bond donors (Lipinski definition) is 1. The Hall–Kier alpha value is -2.80. The van der Waals surface area contributed by atoms with Crippen LogP contribution < -0.4 is 0 Å². The van der Waals surface area contributed by atoms with Crippen molar-refractivity contribution in [2.45, 2.75) is 64.5 Å². The number of aryl methyl sites for hydroxylation is 2. The summed E-state index contributed by atoms with van der Waals surface area (Å²) in [6, 6.07) is 11.2. The summed E-state index contributed by atoms with van der Waals surface area (Å²) in [6.45, 7) is 1.66. The highest BCUT2D eigenvalue weighted by Crippen LogP contribution is 2.35. The number of aromatic nitrogens is 1. The molecule has 1 aromatic heterocycles. The minimum Gasteiger partial charge on any atom is -0.481 e. The van der Waals surface area contributed by atoms with Gasteiger partial charge in [-0.2, -0.15) is 13.2 Å². The Balaban J connectivity index is 1.77. The second-order valence-corrected chi connectivity index (χ2v) is 9.92. The molecule has 8 heteroatoms. The van der Waals surface area contributed by atoms with Gasteiger partial charge in [0, 0.05) is 47.1 Å². The summed E-state index contributed by atoms with van der Waals surface area (Å²) in [5.74, 6) is -1.74. The van der Waals surface area contributed by atoms with Crippen molar-refractivity contribution in [2.24, 2.45) is 13.0 Å². The number of carboxylic acid groups (broad SMARTS) is 1. The van der Waals surface area contributed by atoms with E-state index in [4.69, 9.17) is 16.7 Å². The molecule has 0 fully saturated rings. The van der Waals surface area contributed by atoms with E-state index >= 15 is 0 Å². The molecule has 0 unspecified atom stereocenters. The van der Waals surface area contributed by atoms with Crippen molar-refractivity contribution < 1.29 is 27.9 Å². The molecule has 0 amide bonds. The van der Waals surface area contributed by atoms with Gasteiger partial charge in [0.2, 0.25) is 0 Å². The quantitative estimate of drug-likeness (QED) is 0.195. The molecule has 0 saturated carbocycles. The average molecular weight is 522 g/mol. The van der Waals surface area contributed by atoms with Crippen LogP contribution in [0.15, 0.2) is 42.5 Å². The monoisotopic (exact) mass is 521 g/mol. The molecule has 1 N–H and O–H groups in total. The summed E-state index contributed by atoms with van der Waals surface area (Å²) in [6.07, 6.45) is 0.412. The summed E-state index contributed by atoms with van der Waals surface area (Å²) in [5, 5.41) is 10.0. The lowest BCUT2D eigenvalue weighted by molar-refractivity contribution is -0.138. The zero-order chi connectivity index (χ0) is 26.5. The van der Waals surface area contributed by atoms with Gasteiger partial charge in [-0.25, -0.2) is 0 Å². The summed E-state index contributed by atoms with van der Waals surface area (Å²) in [4.78, 5) is 24.3. The molecule has 0 aliphatic heterocycles. The van der Waals surface area contributed by atoms with E-state index in [1.807, 2.05) is 24.3 Å². The molecular formula is C28H31ClF3NO3. The lowest BCUT2D eigenvalue weighted by Crippen LogP contribution is -2.12. The molecule has 1 heterocycles. The smallest absolute Gasteiger partial charge is 0.416 e. The van der Waals surface area contributed by atoms with Crippen molar-refractivity contribution in [3.05, 3.63) is 69.9 Å². The van der Waals surface area contributed by atoms with Crippen LogP contribution in [-0.2, 0) is 30.9 Å². The van der Waals surface area contributed by atoms with E-state index < -0.39 is 23.6 Å². The number of fused-ring (bicyclic) bond motifs is 1. The average Bonchev–Trinajstić information content (AvgIpc) is 3.06. The zero-order valence-electron chi connectivity index (χ0n) is 20.5. The van der Waals surface area contributed by atoms with E-state index in [0.717, 1.165) is 44.2 Å². The highest BCUT2D eigenvalue weighted by Gasteiger charge is 2.32. The van der Waals surface area contributed by atoms with Crippen molar-refractivity contribution in [2.75, 3.05) is 0 Å². The number of unbranched alkanes of at least 4 members (excludes halogenated alkanes) is 3. The maximum Gasteiger partial charge on any atom is 0.416 e. The first-order valence-electron chi connectivity index (χ1n) is 12.1. The number of carboxylic acids is 1. The largest absolute Gasteiger partial charge is 0.481 e. The number of Topliss-reactive ketones (excluding diaryl/α,β-unsaturated/α-hetero) is 1. The molecule has 194 valence electrons. The minimum absolute atomic E-state index is 0.0334. The molecule has 3 rings (SSSR count). The highest BCUT2D eigenvalue weighted by atomic mass is 35.5. The number of carbonyl (C=O) groups is 2. The van der Waals surface area contributed by atoms with Gasteiger partial charge < -0.3 is 9.67 Å². The Kier molecular flexibility index (Phi) is 9.23. The second kappa shape index (κ2) is 12.0. The van der Waals surface area contributed by atoms with Gasteiger partial charge in [0.05, 0.1) is 5.56 Å². The van der Waals surface area contributed by atoms with Crippen LogP contribution in [0.3, 0.4) is 0 Å². The normalized spacial score (nSPS) is 12.7. The number of carbonyl (C=O) groups excluding carboxylic acids is 1. The van der Waals surface area contributed by atoms with E-state index in [0.29, 0.717) is 22.7 Å². The molecule has 0 aliphatic carbocycles. The molecule has 3 aromatic rings. The zero-order valence-corrected chi connectivity index (χ0v) is 21.3. The number of halogens is 4. The minimum atomic E-state index is -4.52. The third kappa shape index (κ3) is 7.12. The third-order valence-corrected chi connectivity index (χ3v) is 6.74. The van der Waals surface area contributed by atoms with Crippen molar-refractivity contribution in [3.8, 4) is 0 Å². The topological polar surface area (TPSA) is 59.3 Å². The number of rotatable bonds is 12. The van der Waals surface area contributed by atoms with Crippen molar-refractivity contribution in [1.29, 1.82) is 0 Å². The fraction of sp³-hybridized carbons (Fsp3) is 0.429. The Morgan fingerprint density at radius 2 is 1.69 bits per heavy atom. The van der Waals surface area contributed by atoms with E-state index in [1.165, 1.54) is 11.6 Å². The number of nitrogens with zero attached hydrogens (tertiary/aromatic N) is 1. The molecule has 0 aliphatic rings. The fourth-order valence-electron chi connectivity index (χ4n) is 4.73. The Morgan fingerprint density at radius 1 is 1.00 bits per heavy atom. The standard InChI is InChI=1S/C28H31ClF3NO3/c1-18(15-26(35)36)14-25(34)27-22-17-20(28(30,31)32)12-13-23(22)33(2)24(27)11-6-4-3-5-8-19-9-7-10-21(29)16-19/h7,9-10,12-13,16-18H,3-6,8,11,14-15H2,1-2H3,(H,35,36)/t18-/m0/s1. The van der Waals surface area contributed by atoms with Crippen LogP contribution in [0.4, 0.5) is 13.2 Å². The molecule has 0 spiro atoms. The van der Waals surface area contributed by atoms with Gasteiger partial charge >= 0.3 is 12.1 Å². The molecular weight excluding hydrogens is 491 g/mol. The lowest BCUT2D eigenvalue weighted by Gasteiger charge is -2.11. The second-order valence-electron chi connectivity index (χ2n) is 9.48. The van der Waals surface area contributed by atoms with Crippen LogP contribution in [0, 0.1) is 5.92 Å². The van der Waals surface area contributed by atoms with Crippen LogP contribution in [0.25, 0.3) is 10.9 Å². The SMILES string of the molecule is C[C@H](CC(=O)O)CC(=O)c1c(CCCCCCc2cccc(Cl)c2)n(C)c2ccc(C(F)(F)F)cc12. The van der Waals surface area contributed by atoms with Gasteiger partial charge in [-0.3, -0.25) is 9.59 Å². The molecule has 1 atom stereocenters. The predicted octanol–water partition coefficient (Wildman–Crippen LogP) is 7.88. The molecule has 4 nitrogen and oxygen atoms in total. The van der Waals surface area contributed by atoms with E-state index in [2.05, 4.69) is 0 Å². The first kappa shape index (κ1) is 27.8. The van der Waals surface area contributed by atoms with Crippen LogP contribution in [-0.4, -0.2) is 21.4 Å². The van der Waals surface area contributed by atoms with Gasteiger partial charge in [-0.15, -0.1) is 0 Å². The van der Waals surface area contributed by atoms with Crippen LogP contribution in [0.5, 0.6) is 0 Å². The number of aliphatic carboxylic acids is 1. The Labute approximate surface area is 214 Å². The Morgan fingerprint density at radius 3 is 2.33 bits per heavy atom. The first-order chi connectivity index (χ1) is 17.0. The maximum absolute atomic E-state index is 13.4.